The van der Waals surface area contributed by atoms with E-state index in [2.05, 4.69) is 25.5 Å². The zero-order valence-corrected chi connectivity index (χ0v) is 17.4. The molecule has 0 spiro atoms. The number of phenolic OH excluding ortho intramolecular Hbond substituents is 2. The monoisotopic (exact) mass is 438 g/mol. The van der Waals surface area contributed by atoms with Crippen molar-refractivity contribution < 1.29 is 10.2 Å². The molecule has 0 unspecified atom stereocenters. The van der Waals surface area contributed by atoms with Gasteiger partial charge in [-0.15, -0.1) is 10.2 Å². The SMILES string of the molecule is Cc1ccc(O)c(N=Nc2cc(Nc3nc(-c4ccccc4)c(C#N)c(=O)[nH]3)ccc2O)c1. The summed E-state index contributed by atoms with van der Waals surface area (Å²) >= 11 is 0. The second kappa shape index (κ2) is 9.03. The Balaban J connectivity index is 1.67. The zero-order chi connectivity index (χ0) is 23.4. The lowest BCUT2D eigenvalue weighted by Gasteiger charge is -2.10. The number of nitrogens with one attached hydrogen (secondary N) is 2. The Kier molecular flexibility index (Phi) is 5.82. The van der Waals surface area contributed by atoms with Crippen molar-refractivity contribution in [3.63, 3.8) is 0 Å². The van der Waals surface area contributed by atoms with Gasteiger partial charge in [-0.25, -0.2) is 4.98 Å². The summed E-state index contributed by atoms with van der Waals surface area (Å²) in [6, 6.07) is 20.2. The Bertz CT molecular complexity index is 1460. The summed E-state index contributed by atoms with van der Waals surface area (Å²) in [6.07, 6.45) is 0. The van der Waals surface area contributed by atoms with Crippen LogP contribution >= 0.6 is 0 Å². The summed E-state index contributed by atoms with van der Waals surface area (Å²) in [5.41, 5.74) is 1.96. The third-order valence-corrected chi connectivity index (χ3v) is 4.71. The first kappa shape index (κ1) is 21.3. The van der Waals surface area contributed by atoms with Crippen molar-refractivity contribution in [2.75, 3.05) is 5.32 Å². The van der Waals surface area contributed by atoms with Crippen molar-refractivity contribution in [1.29, 1.82) is 5.26 Å². The van der Waals surface area contributed by atoms with Crippen molar-refractivity contribution in [3.8, 4) is 28.8 Å². The molecule has 0 amide bonds. The molecule has 0 fully saturated rings. The first-order chi connectivity index (χ1) is 15.9. The Labute approximate surface area is 188 Å². The highest BCUT2D eigenvalue weighted by atomic mass is 16.3. The largest absolute Gasteiger partial charge is 0.506 e. The van der Waals surface area contributed by atoms with E-state index in [1.165, 1.54) is 18.2 Å². The number of rotatable bonds is 5. The highest BCUT2D eigenvalue weighted by Gasteiger charge is 2.14. The molecule has 0 atom stereocenters. The van der Waals surface area contributed by atoms with Crippen LogP contribution in [-0.2, 0) is 0 Å². The molecule has 0 aliphatic heterocycles. The van der Waals surface area contributed by atoms with Gasteiger partial charge >= 0.3 is 0 Å². The van der Waals surface area contributed by atoms with Crippen LogP contribution in [0.5, 0.6) is 11.5 Å². The minimum atomic E-state index is -0.581. The quantitative estimate of drug-likeness (QED) is 0.249. The average molecular weight is 438 g/mol. The minimum absolute atomic E-state index is 0.0362. The Morgan fingerprint density at radius 3 is 2.33 bits per heavy atom. The van der Waals surface area contributed by atoms with Gasteiger partial charge in [0, 0.05) is 11.3 Å². The number of aromatic nitrogens is 2. The zero-order valence-electron chi connectivity index (χ0n) is 17.4. The van der Waals surface area contributed by atoms with Gasteiger partial charge < -0.3 is 15.5 Å². The first-order valence-electron chi connectivity index (χ1n) is 9.86. The van der Waals surface area contributed by atoms with E-state index < -0.39 is 5.56 Å². The van der Waals surface area contributed by atoms with E-state index in [0.717, 1.165) is 5.56 Å². The van der Waals surface area contributed by atoms with Crippen LogP contribution in [0.1, 0.15) is 11.1 Å². The van der Waals surface area contributed by atoms with Crippen molar-refractivity contribution in [2.24, 2.45) is 10.2 Å². The molecule has 4 rings (SSSR count). The van der Waals surface area contributed by atoms with Gasteiger partial charge in [-0.2, -0.15) is 5.26 Å². The maximum Gasteiger partial charge on any atom is 0.270 e. The predicted molar refractivity (Wildman–Crippen MR) is 123 cm³/mol. The number of aromatic hydroxyl groups is 2. The molecule has 0 saturated carbocycles. The number of nitrogens with zero attached hydrogens (tertiary/aromatic N) is 4. The lowest BCUT2D eigenvalue weighted by atomic mass is 10.1. The van der Waals surface area contributed by atoms with E-state index in [4.69, 9.17) is 0 Å². The van der Waals surface area contributed by atoms with Gasteiger partial charge in [0.25, 0.3) is 5.56 Å². The summed E-state index contributed by atoms with van der Waals surface area (Å²) in [5, 5.41) is 40.5. The fourth-order valence-electron chi connectivity index (χ4n) is 3.08. The van der Waals surface area contributed by atoms with Gasteiger partial charge in [0.2, 0.25) is 5.95 Å². The Hall–Kier alpha value is -4.97. The fourth-order valence-corrected chi connectivity index (χ4v) is 3.08. The molecule has 4 aromatic rings. The number of aryl methyl sites for hydroxylation is 1. The third-order valence-electron chi connectivity index (χ3n) is 4.71. The van der Waals surface area contributed by atoms with E-state index in [9.17, 15) is 20.3 Å². The van der Waals surface area contributed by atoms with Crippen LogP contribution in [0, 0.1) is 18.3 Å². The molecule has 9 nitrogen and oxygen atoms in total. The van der Waals surface area contributed by atoms with Crippen molar-refractivity contribution >= 4 is 23.0 Å². The van der Waals surface area contributed by atoms with Crippen LogP contribution in [0.2, 0.25) is 0 Å². The van der Waals surface area contributed by atoms with E-state index in [0.29, 0.717) is 11.3 Å². The number of H-pyrrole nitrogens is 1. The van der Waals surface area contributed by atoms with E-state index in [1.807, 2.05) is 19.1 Å². The second-order valence-corrected chi connectivity index (χ2v) is 7.14. The van der Waals surface area contributed by atoms with E-state index in [1.54, 1.807) is 42.5 Å². The summed E-state index contributed by atoms with van der Waals surface area (Å²) in [4.78, 5) is 19.4. The number of hydrogen-bond donors (Lipinski definition) is 4. The molecule has 0 saturated heterocycles. The van der Waals surface area contributed by atoms with Gasteiger partial charge in [-0.1, -0.05) is 36.4 Å². The summed E-state index contributed by atoms with van der Waals surface area (Å²) < 4.78 is 0. The molecule has 1 heterocycles. The Morgan fingerprint density at radius 2 is 1.64 bits per heavy atom. The maximum absolute atomic E-state index is 12.4. The molecule has 9 heteroatoms. The molecular weight excluding hydrogens is 420 g/mol. The molecule has 0 aliphatic rings. The first-order valence-corrected chi connectivity index (χ1v) is 9.86. The topological polar surface area (TPSA) is 147 Å². The summed E-state index contributed by atoms with van der Waals surface area (Å²) in [7, 11) is 0. The molecule has 162 valence electrons. The summed E-state index contributed by atoms with van der Waals surface area (Å²) in [6.45, 7) is 1.86. The number of phenols is 2. The number of benzene rings is 3. The standard InChI is InChI=1S/C24H18N6O3/c1-14-7-9-20(31)18(11-14)29-30-19-12-16(8-10-21(19)32)26-24-27-22(15-5-3-2-4-6-15)17(13-25)23(33)28-24/h2-12,31-32H,1H3,(H2,26,27,28,33). The lowest BCUT2D eigenvalue weighted by molar-refractivity contribution is 0.474. The van der Waals surface area contributed by atoms with Gasteiger partial charge in [-0.3, -0.25) is 9.78 Å². The summed E-state index contributed by atoms with van der Waals surface area (Å²) in [5.74, 6) is -0.0450. The number of azo groups is 1. The molecule has 1 aromatic heterocycles. The average Bonchev–Trinajstić information content (AvgIpc) is 2.81. The van der Waals surface area contributed by atoms with Crippen molar-refractivity contribution in [1.82, 2.24) is 9.97 Å². The maximum atomic E-state index is 12.4. The van der Waals surface area contributed by atoms with Crippen molar-refractivity contribution in [3.05, 3.63) is 88.2 Å². The molecule has 0 radical (unpaired) electrons. The van der Waals surface area contributed by atoms with E-state index >= 15 is 0 Å². The second-order valence-electron chi connectivity index (χ2n) is 7.14. The van der Waals surface area contributed by atoms with Crippen molar-refractivity contribution in [2.45, 2.75) is 6.92 Å². The van der Waals surface area contributed by atoms with Crippen LogP contribution in [0.4, 0.5) is 23.0 Å². The lowest BCUT2D eigenvalue weighted by Crippen LogP contribution is -2.16. The number of hydrogen-bond acceptors (Lipinski definition) is 8. The Morgan fingerprint density at radius 1 is 0.970 bits per heavy atom. The van der Waals surface area contributed by atoms with Gasteiger partial charge in [0.05, 0.1) is 5.69 Å². The van der Waals surface area contributed by atoms with Gasteiger partial charge in [-0.05, 0) is 42.8 Å². The van der Waals surface area contributed by atoms with Crippen LogP contribution in [0.25, 0.3) is 11.3 Å². The molecule has 0 bridgehead atoms. The van der Waals surface area contributed by atoms with Gasteiger partial charge in [0.15, 0.2) is 0 Å². The fraction of sp³-hybridized carbons (Fsp3) is 0.0417. The molecule has 3 aromatic carbocycles. The highest BCUT2D eigenvalue weighted by Crippen LogP contribution is 2.34. The molecular formula is C24H18N6O3. The highest BCUT2D eigenvalue weighted by molar-refractivity contribution is 5.69. The smallest absolute Gasteiger partial charge is 0.270 e. The van der Waals surface area contributed by atoms with Gasteiger partial charge in [0.1, 0.15) is 34.5 Å². The molecule has 0 aliphatic carbocycles. The molecule has 4 N–H and O–H groups in total. The van der Waals surface area contributed by atoms with Crippen LogP contribution in [0.15, 0.2) is 81.8 Å². The number of aromatic amines is 1. The van der Waals surface area contributed by atoms with Crippen LogP contribution in [0.3, 0.4) is 0 Å². The molecule has 33 heavy (non-hydrogen) atoms. The predicted octanol–water partition coefficient (Wildman–Crippen LogP) is 5.19. The third kappa shape index (κ3) is 4.70. The van der Waals surface area contributed by atoms with Crippen LogP contribution < -0.4 is 10.9 Å². The number of anilines is 2. The normalized spacial score (nSPS) is 10.8. The van der Waals surface area contributed by atoms with Crippen LogP contribution in [-0.4, -0.2) is 20.2 Å². The number of nitriles is 1. The van der Waals surface area contributed by atoms with E-state index in [-0.39, 0.29) is 40.1 Å². The minimum Gasteiger partial charge on any atom is -0.506 e.